The molecular formula is C16H18F2N5O2+. The molecular weight excluding hydrogens is 332 g/mol. The molecule has 2 heterocycles. The van der Waals surface area contributed by atoms with Crippen molar-refractivity contribution in [2.75, 3.05) is 18.4 Å². The summed E-state index contributed by atoms with van der Waals surface area (Å²) in [5.74, 6) is -3.38. The minimum atomic E-state index is -0.989. The van der Waals surface area contributed by atoms with Gasteiger partial charge in [0.15, 0.2) is 0 Å². The van der Waals surface area contributed by atoms with Crippen molar-refractivity contribution in [1.82, 2.24) is 15.5 Å². The third kappa shape index (κ3) is 3.82. The molecule has 1 aromatic carbocycles. The lowest BCUT2D eigenvalue weighted by molar-refractivity contribution is -0.664. The number of aromatic amines is 1. The summed E-state index contributed by atoms with van der Waals surface area (Å²) in [7, 11) is 0. The van der Waals surface area contributed by atoms with Crippen molar-refractivity contribution in [3.8, 4) is 0 Å². The largest absolute Gasteiger partial charge is 0.345 e. The highest BCUT2D eigenvalue weighted by atomic mass is 19.1. The van der Waals surface area contributed by atoms with E-state index in [1.807, 2.05) is 0 Å². The Labute approximate surface area is 142 Å². The van der Waals surface area contributed by atoms with Crippen molar-refractivity contribution in [2.24, 2.45) is 0 Å². The van der Waals surface area contributed by atoms with E-state index in [1.165, 1.54) is 12.3 Å². The number of H-pyrrole nitrogens is 1. The highest BCUT2D eigenvalue weighted by Crippen LogP contribution is 2.17. The quantitative estimate of drug-likeness (QED) is 0.641. The van der Waals surface area contributed by atoms with E-state index in [9.17, 15) is 18.4 Å². The second-order valence-corrected chi connectivity index (χ2v) is 5.84. The SMILES string of the molecule is O=C(N[C@H]1CCC[NH2+]C1)c1[nH]ncc1NC(=O)c1c(F)cccc1F. The normalized spacial score (nSPS) is 17.1. The third-order valence-corrected chi connectivity index (χ3v) is 4.05. The zero-order chi connectivity index (χ0) is 17.8. The van der Waals surface area contributed by atoms with Crippen molar-refractivity contribution in [3.05, 3.63) is 47.3 Å². The fraction of sp³-hybridized carbons (Fsp3) is 0.312. The van der Waals surface area contributed by atoms with Gasteiger partial charge in [0.2, 0.25) is 0 Å². The Balaban J connectivity index is 1.73. The van der Waals surface area contributed by atoms with Gasteiger partial charge >= 0.3 is 0 Å². The fourth-order valence-electron chi connectivity index (χ4n) is 2.79. The molecule has 0 aliphatic carbocycles. The lowest BCUT2D eigenvalue weighted by Crippen LogP contribution is -2.89. The van der Waals surface area contributed by atoms with Crippen LogP contribution in [0.3, 0.4) is 0 Å². The molecule has 0 unspecified atom stereocenters. The van der Waals surface area contributed by atoms with Crippen molar-refractivity contribution < 1.29 is 23.7 Å². The average molecular weight is 350 g/mol. The Morgan fingerprint density at radius 3 is 2.68 bits per heavy atom. The van der Waals surface area contributed by atoms with Gasteiger partial charge in [-0.2, -0.15) is 5.10 Å². The van der Waals surface area contributed by atoms with Crippen LogP contribution < -0.4 is 16.0 Å². The second-order valence-electron chi connectivity index (χ2n) is 5.84. The number of carbonyl (C=O) groups excluding carboxylic acids is 2. The molecule has 25 heavy (non-hydrogen) atoms. The molecule has 1 fully saturated rings. The number of hydrogen-bond acceptors (Lipinski definition) is 3. The summed E-state index contributed by atoms with van der Waals surface area (Å²) >= 11 is 0. The molecule has 1 atom stereocenters. The predicted octanol–water partition coefficient (Wildman–Crippen LogP) is 0.396. The molecule has 5 N–H and O–H groups in total. The van der Waals surface area contributed by atoms with Crippen LogP contribution in [0.5, 0.6) is 0 Å². The van der Waals surface area contributed by atoms with Gasteiger partial charge < -0.3 is 16.0 Å². The van der Waals surface area contributed by atoms with Crippen LogP contribution in [0.4, 0.5) is 14.5 Å². The molecule has 0 bridgehead atoms. The van der Waals surface area contributed by atoms with Crippen molar-refractivity contribution in [3.63, 3.8) is 0 Å². The number of quaternary nitrogens is 1. The van der Waals surface area contributed by atoms with Crippen LogP contribution in [0.25, 0.3) is 0 Å². The molecule has 132 valence electrons. The topological polar surface area (TPSA) is 103 Å². The van der Waals surface area contributed by atoms with Gasteiger partial charge in [-0.05, 0) is 25.0 Å². The zero-order valence-electron chi connectivity index (χ0n) is 13.3. The van der Waals surface area contributed by atoms with Gasteiger partial charge in [-0.15, -0.1) is 0 Å². The molecule has 0 spiro atoms. The second kappa shape index (κ2) is 7.39. The zero-order valence-corrected chi connectivity index (χ0v) is 13.3. The molecule has 1 aliphatic heterocycles. The number of amides is 2. The Morgan fingerprint density at radius 2 is 2.00 bits per heavy atom. The number of hydrogen-bond donors (Lipinski definition) is 4. The van der Waals surface area contributed by atoms with Crippen LogP contribution in [0.1, 0.15) is 33.7 Å². The number of rotatable bonds is 4. The van der Waals surface area contributed by atoms with E-state index < -0.39 is 29.0 Å². The minimum Gasteiger partial charge on any atom is -0.345 e. The number of anilines is 1. The van der Waals surface area contributed by atoms with Gasteiger partial charge in [0.1, 0.15) is 22.9 Å². The number of nitrogens with zero attached hydrogens (tertiary/aromatic N) is 1. The highest BCUT2D eigenvalue weighted by Gasteiger charge is 2.24. The summed E-state index contributed by atoms with van der Waals surface area (Å²) in [6, 6.07) is 3.16. The summed E-state index contributed by atoms with van der Waals surface area (Å²) in [6.07, 6.45) is 3.10. The van der Waals surface area contributed by atoms with Gasteiger partial charge in [-0.25, -0.2) is 8.78 Å². The monoisotopic (exact) mass is 350 g/mol. The Morgan fingerprint density at radius 1 is 1.24 bits per heavy atom. The highest BCUT2D eigenvalue weighted by molar-refractivity contribution is 6.08. The Kier molecular flexibility index (Phi) is 5.03. The summed E-state index contributed by atoms with van der Waals surface area (Å²) in [5, 5.41) is 13.5. The van der Waals surface area contributed by atoms with Crippen molar-refractivity contribution in [1.29, 1.82) is 0 Å². The van der Waals surface area contributed by atoms with Gasteiger partial charge in [-0.3, -0.25) is 14.7 Å². The molecule has 1 aromatic heterocycles. The molecule has 1 saturated heterocycles. The van der Waals surface area contributed by atoms with E-state index in [4.69, 9.17) is 0 Å². The van der Waals surface area contributed by atoms with Crippen LogP contribution >= 0.6 is 0 Å². The van der Waals surface area contributed by atoms with Gasteiger partial charge in [0.05, 0.1) is 31.0 Å². The van der Waals surface area contributed by atoms with E-state index >= 15 is 0 Å². The lowest BCUT2D eigenvalue weighted by Gasteiger charge is -2.21. The minimum absolute atomic E-state index is 0.0251. The van der Waals surface area contributed by atoms with E-state index in [-0.39, 0.29) is 17.4 Å². The maximum absolute atomic E-state index is 13.7. The number of aromatic nitrogens is 2. The van der Waals surface area contributed by atoms with Crippen LogP contribution in [0, 0.1) is 11.6 Å². The first kappa shape index (κ1) is 17.0. The predicted molar refractivity (Wildman–Crippen MR) is 85.0 cm³/mol. The molecule has 1 aliphatic rings. The molecule has 9 heteroatoms. The van der Waals surface area contributed by atoms with Crippen molar-refractivity contribution >= 4 is 17.5 Å². The Hall–Kier alpha value is -2.81. The summed E-state index contributed by atoms with van der Waals surface area (Å²) in [6.45, 7) is 1.81. The number of benzene rings is 1. The third-order valence-electron chi connectivity index (χ3n) is 4.05. The maximum Gasteiger partial charge on any atom is 0.271 e. The first-order valence-electron chi connectivity index (χ1n) is 7.97. The molecule has 3 rings (SSSR count). The van der Waals surface area contributed by atoms with E-state index in [0.29, 0.717) is 0 Å². The summed E-state index contributed by atoms with van der Waals surface area (Å²) in [4.78, 5) is 24.5. The number of nitrogens with one attached hydrogen (secondary N) is 3. The van der Waals surface area contributed by atoms with Crippen molar-refractivity contribution in [2.45, 2.75) is 18.9 Å². The molecule has 2 aromatic rings. The van der Waals surface area contributed by atoms with Gasteiger partial charge in [0.25, 0.3) is 11.8 Å². The lowest BCUT2D eigenvalue weighted by atomic mass is 10.1. The maximum atomic E-state index is 13.7. The van der Waals surface area contributed by atoms with Crippen LogP contribution in [-0.4, -0.2) is 41.1 Å². The van der Waals surface area contributed by atoms with E-state index in [2.05, 4.69) is 26.1 Å². The number of piperidine rings is 1. The first-order valence-corrected chi connectivity index (χ1v) is 7.97. The fourth-order valence-corrected chi connectivity index (χ4v) is 2.79. The summed E-state index contributed by atoms with van der Waals surface area (Å²) < 4.78 is 27.4. The van der Waals surface area contributed by atoms with Crippen LogP contribution in [-0.2, 0) is 0 Å². The molecule has 2 amide bonds. The average Bonchev–Trinajstić information content (AvgIpc) is 3.04. The van der Waals surface area contributed by atoms with E-state index in [0.717, 1.165) is 38.1 Å². The van der Waals surface area contributed by atoms with Crippen LogP contribution in [0.2, 0.25) is 0 Å². The smallest absolute Gasteiger partial charge is 0.271 e. The number of nitrogens with two attached hydrogens (primary N) is 1. The van der Waals surface area contributed by atoms with Gasteiger partial charge in [-0.1, -0.05) is 6.07 Å². The standard InChI is InChI=1S/C16H17F2N5O2/c17-10-4-1-5-11(18)13(10)15(24)22-12-8-20-23-14(12)16(25)21-9-3-2-6-19-7-9/h1,4-5,8-9,19H,2-3,6-7H2,(H,20,23)(H,21,25)(H,22,24)/p+1/t9-/m0/s1. The van der Waals surface area contributed by atoms with Gasteiger partial charge in [0, 0.05) is 0 Å². The Bertz CT molecular complexity index is 766. The molecule has 7 nitrogen and oxygen atoms in total. The van der Waals surface area contributed by atoms with Crippen LogP contribution in [0.15, 0.2) is 24.4 Å². The molecule has 0 saturated carbocycles. The molecule has 0 radical (unpaired) electrons. The van der Waals surface area contributed by atoms with E-state index in [1.54, 1.807) is 0 Å². The first-order chi connectivity index (χ1) is 12.1. The number of carbonyl (C=O) groups is 2. The summed E-state index contributed by atoms with van der Waals surface area (Å²) in [5.41, 5.74) is -0.613. The number of halogens is 2.